The summed E-state index contributed by atoms with van der Waals surface area (Å²) in [4.78, 5) is 0. The molecule has 0 saturated heterocycles. The molecule has 7 rings (SSSR count). The van der Waals surface area contributed by atoms with Gasteiger partial charge in [-0.25, -0.2) is 0 Å². The molecule has 0 aliphatic carbocycles. The van der Waals surface area contributed by atoms with Crippen molar-refractivity contribution in [1.29, 1.82) is 0 Å². The lowest BCUT2D eigenvalue weighted by Gasteiger charge is -2.38. The number of aliphatic hydroxyl groups is 1. The summed E-state index contributed by atoms with van der Waals surface area (Å²) in [5, 5.41) is 15.4. The van der Waals surface area contributed by atoms with Crippen LogP contribution in [0.25, 0.3) is 21.9 Å². The molecule has 7 heteroatoms. The molecule has 6 nitrogen and oxygen atoms in total. The third-order valence-corrected chi connectivity index (χ3v) is 11.1. The Kier molecular flexibility index (Phi) is 7.32. The SMILES string of the molecule is Cc1c(CO)c(C(O[SiH](c2ccccc2)c2ccccc2)C(C)(C)C)c(-c2ccc3c(c2)OCO3)c2c3c(ccc12)OCO3. The highest BCUT2D eigenvalue weighted by molar-refractivity contribution is 6.80. The molecular formula is C37H36O6Si. The molecule has 1 unspecified atom stereocenters. The molecule has 1 N–H and O–H groups in total. The minimum atomic E-state index is -2.22. The Balaban J connectivity index is 1.54. The molecule has 0 saturated carbocycles. The van der Waals surface area contributed by atoms with Crippen LogP contribution in [0.15, 0.2) is 91.0 Å². The molecule has 224 valence electrons. The van der Waals surface area contributed by atoms with Gasteiger partial charge in [0.15, 0.2) is 23.0 Å². The van der Waals surface area contributed by atoms with Gasteiger partial charge in [0.25, 0.3) is 0 Å². The monoisotopic (exact) mass is 604 g/mol. The minimum absolute atomic E-state index is 0.137. The van der Waals surface area contributed by atoms with Crippen LogP contribution in [0, 0.1) is 12.3 Å². The molecule has 44 heavy (non-hydrogen) atoms. The number of ether oxygens (including phenoxy) is 4. The lowest BCUT2D eigenvalue weighted by atomic mass is 9.76. The number of hydrogen-bond acceptors (Lipinski definition) is 6. The summed E-state index contributed by atoms with van der Waals surface area (Å²) in [5.41, 5.74) is 4.34. The molecule has 0 fully saturated rings. The van der Waals surface area contributed by atoms with Crippen molar-refractivity contribution in [3.8, 4) is 34.1 Å². The number of hydrogen-bond donors (Lipinski definition) is 1. The van der Waals surface area contributed by atoms with Crippen molar-refractivity contribution in [3.63, 3.8) is 0 Å². The quantitative estimate of drug-likeness (QED) is 0.217. The molecule has 0 amide bonds. The van der Waals surface area contributed by atoms with Crippen LogP contribution in [0.5, 0.6) is 23.0 Å². The van der Waals surface area contributed by atoms with Gasteiger partial charge in [-0.15, -0.1) is 0 Å². The molecule has 1 atom stereocenters. The van der Waals surface area contributed by atoms with Crippen LogP contribution in [-0.2, 0) is 11.0 Å². The molecule has 5 aromatic carbocycles. The number of aliphatic hydroxyl groups excluding tert-OH is 1. The van der Waals surface area contributed by atoms with Gasteiger partial charge >= 0.3 is 0 Å². The third-order valence-electron chi connectivity index (χ3n) is 8.59. The van der Waals surface area contributed by atoms with Gasteiger partial charge in [0, 0.05) is 5.39 Å². The van der Waals surface area contributed by atoms with E-state index in [4.69, 9.17) is 23.4 Å². The third kappa shape index (κ3) is 4.91. The van der Waals surface area contributed by atoms with Gasteiger partial charge < -0.3 is 28.5 Å². The predicted octanol–water partition coefficient (Wildman–Crippen LogP) is 6.41. The van der Waals surface area contributed by atoms with E-state index in [1.165, 1.54) is 10.4 Å². The number of fused-ring (bicyclic) bond motifs is 4. The topological polar surface area (TPSA) is 66.4 Å². The largest absolute Gasteiger partial charge is 0.454 e. The molecule has 0 radical (unpaired) electrons. The van der Waals surface area contributed by atoms with E-state index in [9.17, 15) is 5.11 Å². The van der Waals surface area contributed by atoms with Crippen LogP contribution in [0.3, 0.4) is 0 Å². The van der Waals surface area contributed by atoms with Crippen LogP contribution in [-0.4, -0.2) is 27.7 Å². The summed E-state index contributed by atoms with van der Waals surface area (Å²) in [6.45, 7) is 8.90. The van der Waals surface area contributed by atoms with Gasteiger partial charge in [0.1, 0.15) is 0 Å². The Labute approximate surface area is 259 Å². The van der Waals surface area contributed by atoms with E-state index in [-0.39, 0.29) is 31.7 Å². The molecular weight excluding hydrogens is 568 g/mol. The fourth-order valence-corrected chi connectivity index (χ4v) is 9.13. The molecule has 2 aliphatic heterocycles. The maximum atomic E-state index is 11.1. The van der Waals surface area contributed by atoms with Gasteiger partial charge in [-0.1, -0.05) is 93.6 Å². The van der Waals surface area contributed by atoms with Gasteiger partial charge in [-0.2, -0.15) is 0 Å². The Hall–Kier alpha value is -4.30. The Morgan fingerprint density at radius 2 is 1.39 bits per heavy atom. The average Bonchev–Trinajstić information content (AvgIpc) is 3.71. The summed E-state index contributed by atoms with van der Waals surface area (Å²) in [7, 11) is -2.22. The van der Waals surface area contributed by atoms with Crippen molar-refractivity contribution in [2.75, 3.05) is 13.6 Å². The predicted molar refractivity (Wildman–Crippen MR) is 175 cm³/mol. The van der Waals surface area contributed by atoms with Crippen molar-refractivity contribution in [1.82, 2.24) is 0 Å². The van der Waals surface area contributed by atoms with E-state index < -0.39 is 9.04 Å². The van der Waals surface area contributed by atoms with E-state index in [1.807, 2.05) is 30.3 Å². The molecule has 2 heterocycles. The summed E-state index contributed by atoms with van der Waals surface area (Å²) < 4.78 is 31.0. The zero-order valence-electron chi connectivity index (χ0n) is 25.4. The van der Waals surface area contributed by atoms with Crippen molar-refractivity contribution in [2.24, 2.45) is 5.41 Å². The van der Waals surface area contributed by atoms with E-state index >= 15 is 0 Å². The normalized spacial score (nSPS) is 14.4. The molecule has 0 aromatic heterocycles. The highest BCUT2D eigenvalue weighted by Crippen LogP contribution is 2.53. The van der Waals surface area contributed by atoms with Crippen molar-refractivity contribution < 1.29 is 28.5 Å². The molecule has 0 spiro atoms. The lowest BCUT2D eigenvalue weighted by molar-refractivity contribution is 0.0880. The minimum Gasteiger partial charge on any atom is -0.454 e. The Bertz CT molecular complexity index is 1790. The van der Waals surface area contributed by atoms with E-state index in [0.717, 1.165) is 38.6 Å². The van der Waals surface area contributed by atoms with Gasteiger partial charge in [-0.05, 0) is 74.1 Å². The lowest BCUT2D eigenvalue weighted by Crippen LogP contribution is -2.47. The molecule has 0 bridgehead atoms. The second kappa shape index (κ2) is 11.3. The number of aryl methyl sites for hydroxylation is 1. The second-order valence-corrected chi connectivity index (χ2v) is 14.8. The van der Waals surface area contributed by atoms with Gasteiger partial charge in [-0.3, -0.25) is 0 Å². The Morgan fingerprint density at radius 1 is 0.773 bits per heavy atom. The summed E-state index contributed by atoms with van der Waals surface area (Å²) >= 11 is 0. The van der Waals surface area contributed by atoms with Crippen molar-refractivity contribution >= 4 is 30.2 Å². The van der Waals surface area contributed by atoms with Gasteiger partial charge in [0.05, 0.1) is 12.7 Å². The van der Waals surface area contributed by atoms with Crippen LogP contribution in [0.1, 0.15) is 43.6 Å². The average molecular weight is 605 g/mol. The van der Waals surface area contributed by atoms with Crippen LogP contribution < -0.4 is 29.3 Å². The maximum absolute atomic E-state index is 11.1. The highest BCUT2D eigenvalue weighted by atomic mass is 28.3. The van der Waals surface area contributed by atoms with Gasteiger partial charge in [0.2, 0.25) is 22.6 Å². The second-order valence-electron chi connectivity index (χ2n) is 12.4. The number of rotatable bonds is 7. The maximum Gasteiger partial charge on any atom is 0.240 e. The first-order valence-electron chi connectivity index (χ1n) is 15.0. The first kappa shape index (κ1) is 28.5. The summed E-state index contributed by atoms with van der Waals surface area (Å²) in [6.07, 6.45) is -0.386. The van der Waals surface area contributed by atoms with Crippen molar-refractivity contribution in [2.45, 2.75) is 40.4 Å². The standard InChI is InChI=1S/C37H36O6Si/c1-23-27-16-18-30-35(42-22-40-30)33(27)32(24-15-17-29-31(19-24)41-21-39-29)34(28(23)20-38)36(37(2,3)4)43-44(25-11-7-5-8-12-25)26-13-9-6-10-14-26/h5-19,36,38,44H,20-22H2,1-4H3. The fourth-order valence-electron chi connectivity index (χ4n) is 6.47. The van der Waals surface area contributed by atoms with E-state index in [2.05, 4.69) is 88.4 Å². The van der Waals surface area contributed by atoms with Crippen LogP contribution in [0.4, 0.5) is 0 Å². The molecule has 5 aromatic rings. The fraction of sp³-hybridized carbons (Fsp3) is 0.243. The first-order valence-corrected chi connectivity index (χ1v) is 16.6. The Morgan fingerprint density at radius 3 is 2.05 bits per heavy atom. The molecule has 2 aliphatic rings. The number of benzene rings is 5. The smallest absolute Gasteiger partial charge is 0.240 e. The van der Waals surface area contributed by atoms with E-state index in [1.54, 1.807) is 0 Å². The summed E-state index contributed by atoms with van der Waals surface area (Å²) in [6, 6.07) is 31.1. The van der Waals surface area contributed by atoms with E-state index in [0.29, 0.717) is 23.0 Å². The van der Waals surface area contributed by atoms with Crippen LogP contribution in [0.2, 0.25) is 0 Å². The zero-order valence-corrected chi connectivity index (χ0v) is 26.6. The first-order chi connectivity index (χ1) is 21.3. The zero-order chi connectivity index (χ0) is 30.4. The van der Waals surface area contributed by atoms with Crippen LogP contribution >= 0.6 is 0 Å². The van der Waals surface area contributed by atoms with Crippen molar-refractivity contribution in [3.05, 3.63) is 108 Å². The summed E-state index contributed by atoms with van der Waals surface area (Å²) in [5.74, 6) is 2.81. The highest BCUT2D eigenvalue weighted by Gasteiger charge is 2.38.